The van der Waals surface area contributed by atoms with Crippen molar-refractivity contribution in [2.75, 3.05) is 0 Å². The summed E-state index contributed by atoms with van der Waals surface area (Å²) in [6.45, 7) is 0. The lowest BCUT2D eigenvalue weighted by molar-refractivity contribution is 0.559. The Morgan fingerprint density at radius 2 is 2.25 bits per heavy atom. The Labute approximate surface area is 93.6 Å². The maximum absolute atomic E-state index is 4.68. The van der Waals surface area contributed by atoms with E-state index in [1.165, 1.54) is 12.8 Å². The second kappa shape index (κ2) is 2.94. The lowest BCUT2D eigenvalue weighted by atomic mass is 9.93. The zero-order chi connectivity index (χ0) is 10.5. The molecule has 2 aromatic heterocycles. The van der Waals surface area contributed by atoms with Crippen LogP contribution >= 0.6 is 0 Å². The van der Waals surface area contributed by atoms with Crippen LogP contribution in [-0.2, 0) is 0 Å². The number of nitrogens with one attached hydrogen (secondary N) is 1. The summed E-state index contributed by atoms with van der Waals surface area (Å²) in [4.78, 5) is 12.2. The van der Waals surface area contributed by atoms with E-state index in [2.05, 4.69) is 27.1 Å². The van der Waals surface area contributed by atoms with Crippen LogP contribution in [0.4, 0.5) is 0 Å². The molecule has 2 aliphatic rings. The van der Waals surface area contributed by atoms with Crippen LogP contribution in [0.15, 0.2) is 30.6 Å². The second-order valence-corrected chi connectivity index (χ2v) is 4.90. The molecule has 3 unspecified atom stereocenters. The number of fused-ring (bicyclic) bond motifs is 3. The third-order valence-corrected chi connectivity index (χ3v) is 3.93. The third-order valence-electron chi connectivity index (χ3n) is 3.93. The number of pyridine rings is 1. The van der Waals surface area contributed by atoms with Crippen molar-refractivity contribution >= 4 is 11.0 Å². The zero-order valence-electron chi connectivity index (χ0n) is 8.93. The first-order valence-corrected chi connectivity index (χ1v) is 5.88. The molecule has 1 N–H and O–H groups in total. The number of aromatic amines is 1. The number of imidazole rings is 1. The van der Waals surface area contributed by atoms with E-state index in [4.69, 9.17) is 0 Å². The van der Waals surface area contributed by atoms with E-state index in [9.17, 15) is 0 Å². The predicted octanol–water partition coefficient (Wildman–Crippen LogP) is 2.64. The van der Waals surface area contributed by atoms with Crippen molar-refractivity contribution in [2.24, 2.45) is 11.8 Å². The van der Waals surface area contributed by atoms with Gasteiger partial charge in [-0.15, -0.1) is 0 Å². The summed E-state index contributed by atoms with van der Waals surface area (Å²) >= 11 is 0. The first-order valence-electron chi connectivity index (χ1n) is 5.88. The first-order chi connectivity index (χ1) is 7.90. The highest BCUT2D eigenvalue weighted by Crippen LogP contribution is 2.48. The van der Waals surface area contributed by atoms with Crippen LogP contribution < -0.4 is 0 Å². The molecule has 0 aliphatic heterocycles. The summed E-state index contributed by atoms with van der Waals surface area (Å²) in [7, 11) is 0. The summed E-state index contributed by atoms with van der Waals surface area (Å²) < 4.78 is 0. The minimum atomic E-state index is 0.599. The van der Waals surface area contributed by atoms with Gasteiger partial charge in [0.25, 0.3) is 0 Å². The fraction of sp³-hybridized carbons (Fsp3) is 0.385. The van der Waals surface area contributed by atoms with Crippen LogP contribution in [0.1, 0.15) is 24.6 Å². The topological polar surface area (TPSA) is 41.6 Å². The smallest absolute Gasteiger partial charge is 0.111 e. The molecule has 2 bridgehead atoms. The van der Waals surface area contributed by atoms with Gasteiger partial charge in [0, 0.05) is 12.1 Å². The van der Waals surface area contributed by atoms with E-state index in [-0.39, 0.29) is 0 Å². The number of allylic oxidation sites excluding steroid dienone is 2. The van der Waals surface area contributed by atoms with Crippen molar-refractivity contribution in [1.29, 1.82) is 0 Å². The highest BCUT2D eigenvalue weighted by molar-refractivity contribution is 5.73. The Bertz CT molecular complexity index is 536. The number of hydrogen-bond acceptors (Lipinski definition) is 2. The van der Waals surface area contributed by atoms with Gasteiger partial charge in [0.05, 0.1) is 17.2 Å². The van der Waals surface area contributed by atoms with Gasteiger partial charge in [-0.1, -0.05) is 12.2 Å². The molecule has 1 saturated carbocycles. The molecule has 2 aromatic rings. The van der Waals surface area contributed by atoms with E-state index < -0.39 is 0 Å². The Morgan fingerprint density at radius 1 is 1.25 bits per heavy atom. The molecule has 4 rings (SSSR count). The van der Waals surface area contributed by atoms with E-state index in [1.807, 2.05) is 12.3 Å². The molecule has 3 atom stereocenters. The van der Waals surface area contributed by atoms with Gasteiger partial charge in [-0.2, -0.15) is 0 Å². The normalized spacial score (nSPS) is 31.6. The van der Waals surface area contributed by atoms with Crippen molar-refractivity contribution in [2.45, 2.75) is 18.8 Å². The van der Waals surface area contributed by atoms with Gasteiger partial charge in [0.1, 0.15) is 5.82 Å². The minimum absolute atomic E-state index is 0.599. The zero-order valence-corrected chi connectivity index (χ0v) is 8.93. The average molecular weight is 211 g/mol. The summed E-state index contributed by atoms with van der Waals surface area (Å²) in [5.74, 6) is 3.25. The quantitative estimate of drug-likeness (QED) is 0.737. The standard InChI is InChI=1S/C13H13N3/c1-2-9-5-8(1)6-10(9)13-15-11-3-4-14-7-12(11)16-13/h1-4,7-10H,5-6H2,(H,15,16). The molecule has 3 heteroatoms. The van der Waals surface area contributed by atoms with Crippen molar-refractivity contribution in [3.8, 4) is 0 Å². The molecule has 2 heterocycles. The average Bonchev–Trinajstić information content (AvgIpc) is 3.02. The molecule has 0 spiro atoms. The number of nitrogens with zero attached hydrogens (tertiary/aromatic N) is 2. The highest BCUT2D eigenvalue weighted by Gasteiger charge is 2.37. The van der Waals surface area contributed by atoms with Gasteiger partial charge in [-0.25, -0.2) is 4.98 Å². The fourth-order valence-corrected chi connectivity index (χ4v) is 3.15. The molecular weight excluding hydrogens is 198 g/mol. The van der Waals surface area contributed by atoms with Gasteiger partial charge in [-0.05, 0) is 30.7 Å². The van der Waals surface area contributed by atoms with E-state index in [0.29, 0.717) is 11.8 Å². The first kappa shape index (κ1) is 8.50. The van der Waals surface area contributed by atoms with Gasteiger partial charge in [0.2, 0.25) is 0 Å². The monoisotopic (exact) mass is 211 g/mol. The summed E-state index contributed by atoms with van der Waals surface area (Å²) in [5, 5.41) is 0. The largest absolute Gasteiger partial charge is 0.340 e. The van der Waals surface area contributed by atoms with Crippen LogP contribution in [-0.4, -0.2) is 15.0 Å². The summed E-state index contributed by atoms with van der Waals surface area (Å²) in [5.41, 5.74) is 2.10. The van der Waals surface area contributed by atoms with E-state index in [1.54, 1.807) is 6.20 Å². The number of hydrogen-bond donors (Lipinski definition) is 1. The lowest BCUT2D eigenvalue weighted by Crippen LogP contribution is -2.06. The van der Waals surface area contributed by atoms with E-state index >= 15 is 0 Å². The molecule has 3 nitrogen and oxygen atoms in total. The van der Waals surface area contributed by atoms with Crippen LogP contribution in [0.3, 0.4) is 0 Å². The van der Waals surface area contributed by atoms with Crippen molar-refractivity contribution in [1.82, 2.24) is 15.0 Å². The second-order valence-electron chi connectivity index (χ2n) is 4.90. The van der Waals surface area contributed by atoms with Crippen molar-refractivity contribution < 1.29 is 0 Å². The molecule has 0 aromatic carbocycles. The molecule has 16 heavy (non-hydrogen) atoms. The minimum Gasteiger partial charge on any atom is -0.340 e. The van der Waals surface area contributed by atoms with Crippen molar-refractivity contribution in [3.05, 3.63) is 36.4 Å². The van der Waals surface area contributed by atoms with Gasteiger partial charge < -0.3 is 4.98 Å². The van der Waals surface area contributed by atoms with Crippen LogP contribution in [0, 0.1) is 11.8 Å². The van der Waals surface area contributed by atoms with Gasteiger partial charge in [-0.3, -0.25) is 4.98 Å². The Balaban J connectivity index is 1.80. The molecule has 1 fully saturated rings. The van der Waals surface area contributed by atoms with Crippen molar-refractivity contribution in [3.63, 3.8) is 0 Å². The van der Waals surface area contributed by atoms with Gasteiger partial charge >= 0.3 is 0 Å². The molecular formula is C13H13N3. The molecule has 2 aliphatic carbocycles. The molecule has 0 saturated heterocycles. The fourth-order valence-electron chi connectivity index (χ4n) is 3.15. The lowest BCUT2D eigenvalue weighted by Gasteiger charge is -2.14. The number of aromatic nitrogens is 3. The Hall–Kier alpha value is -1.64. The predicted molar refractivity (Wildman–Crippen MR) is 62.0 cm³/mol. The summed E-state index contributed by atoms with van der Waals surface area (Å²) in [6, 6.07) is 1.97. The highest BCUT2D eigenvalue weighted by atomic mass is 14.9. The van der Waals surface area contributed by atoms with Gasteiger partial charge in [0.15, 0.2) is 0 Å². The Morgan fingerprint density at radius 3 is 3.00 bits per heavy atom. The Kier molecular flexibility index (Phi) is 1.56. The summed E-state index contributed by atoms with van der Waals surface area (Å²) in [6.07, 6.45) is 11.0. The van der Waals surface area contributed by atoms with Crippen LogP contribution in [0.2, 0.25) is 0 Å². The maximum Gasteiger partial charge on any atom is 0.111 e. The molecule has 80 valence electrons. The van der Waals surface area contributed by atoms with Crippen LogP contribution in [0.25, 0.3) is 11.0 Å². The number of H-pyrrole nitrogens is 1. The molecule has 0 radical (unpaired) electrons. The third kappa shape index (κ3) is 1.08. The van der Waals surface area contributed by atoms with E-state index in [0.717, 1.165) is 22.8 Å². The molecule has 0 amide bonds. The maximum atomic E-state index is 4.68. The SMILES string of the molecule is C1=CC2CC1CC2c1nc2ccncc2[nH]1. The number of rotatable bonds is 1. The van der Waals surface area contributed by atoms with Crippen LogP contribution in [0.5, 0.6) is 0 Å².